The molecular weight excluding hydrogens is 578 g/mol. The van der Waals surface area contributed by atoms with Crippen LogP contribution in [-0.2, 0) is 9.59 Å². The molecule has 0 aliphatic heterocycles. The fraction of sp³-hybridized carbons (Fsp3) is 0.0323. The van der Waals surface area contributed by atoms with Gasteiger partial charge in [0.2, 0.25) is 5.91 Å². The van der Waals surface area contributed by atoms with Gasteiger partial charge >= 0.3 is 5.97 Å². The number of hydrogen-bond donors (Lipinski definition) is 5. The van der Waals surface area contributed by atoms with Crippen LogP contribution in [0.3, 0.4) is 0 Å². The minimum absolute atomic E-state index is 0.0292. The Labute approximate surface area is 250 Å². The highest BCUT2D eigenvalue weighted by molar-refractivity contribution is 8.00. The van der Waals surface area contributed by atoms with E-state index in [-0.39, 0.29) is 28.6 Å². The van der Waals surface area contributed by atoms with Gasteiger partial charge < -0.3 is 26.2 Å². The minimum Gasteiger partial charge on any atom is -0.507 e. The Balaban J connectivity index is 1.39. The molecule has 4 rings (SSSR count). The van der Waals surface area contributed by atoms with Gasteiger partial charge in [0.15, 0.2) is 0 Å². The van der Waals surface area contributed by atoms with E-state index in [2.05, 4.69) is 16.0 Å². The largest absolute Gasteiger partial charge is 0.507 e. The van der Waals surface area contributed by atoms with Crippen LogP contribution < -0.4 is 16.0 Å². The number of phenols is 1. The van der Waals surface area contributed by atoms with Crippen molar-refractivity contribution < 1.29 is 29.4 Å². The lowest BCUT2D eigenvalue weighted by Gasteiger charge is -2.12. The number of carbonyl (C=O) groups is 4. The van der Waals surface area contributed by atoms with Crippen molar-refractivity contribution in [1.82, 2.24) is 5.32 Å². The van der Waals surface area contributed by atoms with Crippen molar-refractivity contribution in [1.29, 1.82) is 0 Å². The number of rotatable bonds is 10. The maximum atomic E-state index is 13.2. The van der Waals surface area contributed by atoms with E-state index in [1.54, 1.807) is 84.9 Å². The molecule has 212 valence electrons. The van der Waals surface area contributed by atoms with Crippen LogP contribution in [-0.4, -0.2) is 39.7 Å². The van der Waals surface area contributed by atoms with Gasteiger partial charge in [-0.25, -0.2) is 4.79 Å². The number of carboxylic acid groups (broad SMARTS) is 1. The number of aromatic carboxylic acids is 1. The van der Waals surface area contributed by atoms with Crippen molar-refractivity contribution in [2.45, 2.75) is 4.90 Å². The van der Waals surface area contributed by atoms with Crippen LogP contribution in [0.2, 0.25) is 5.02 Å². The number of hydrogen-bond acceptors (Lipinski definition) is 6. The summed E-state index contributed by atoms with van der Waals surface area (Å²) in [6.45, 7) is 0. The number of aromatic hydroxyl groups is 1. The van der Waals surface area contributed by atoms with E-state index in [1.807, 2.05) is 0 Å². The summed E-state index contributed by atoms with van der Waals surface area (Å²) in [7, 11) is 0. The molecule has 0 aliphatic rings. The fourth-order valence-electron chi connectivity index (χ4n) is 3.63. The number of amides is 3. The monoisotopic (exact) mass is 601 g/mol. The second-order valence-corrected chi connectivity index (χ2v) is 10.3. The Morgan fingerprint density at radius 1 is 0.810 bits per heavy atom. The fourth-order valence-corrected chi connectivity index (χ4v) is 4.46. The smallest absolute Gasteiger partial charge is 0.339 e. The number of nitrogens with one attached hydrogen (secondary N) is 3. The Hall–Kier alpha value is -5.06. The first-order valence-electron chi connectivity index (χ1n) is 12.4. The standard InChI is InChI=1S/C31H24ClN3O6S/c32-21-8-6-19(7-9-21)16-26(35-29(38)20-4-2-1-3-5-20)30(39)34-22-10-13-24(14-11-22)42-18-28(37)33-23-12-15-27(36)25(17-23)31(40)41/h1-17,36H,18H2,(H,33,37)(H,34,39)(H,35,38)(H,40,41)/b26-16-. The molecule has 4 aromatic carbocycles. The normalized spacial score (nSPS) is 10.9. The van der Waals surface area contributed by atoms with Crippen molar-refractivity contribution >= 4 is 64.5 Å². The van der Waals surface area contributed by atoms with Crippen LogP contribution in [0.25, 0.3) is 6.08 Å². The topological polar surface area (TPSA) is 145 Å². The van der Waals surface area contributed by atoms with E-state index in [1.165, 1.54) is 30.0 Å². The number of halogens is 1. The number of carbonyl (C=O) groups excluding carboxylic acids is 3. The highest BCUT2D eigenvalue weighted by Gasteiger charge is 2.16. The van der Waals surface area contributed by atoms with Gasteiger partial charge in [-0.2, -0.15) is 0 Å². The van der Waals surface area contributed by atoms with Crippen LogP contribution in [0.15, 0.2) is 108 Å². The summed E-state index contributed by atoms with van der Waals surface area (Å²) < 4.78 is 0. The first-order valence-corrected chi connectivity index (χ1v) is 13.8. The summed E-state index contributed by atoms with van der Waals surface area (Å²) in [6.07, 6.45) is 1.54. The average Bonchev–Trinajstić information content (AvgIpc) is 2.98. The first kappa shape index (κ1) is 29.9. The second-order valence-electron chi connectivity index (χ2n) is 8.78. The van der Waals surface area contributed by atoms with Gasteiger partial charge in [0.1, 0.15) is 17.0 Å². The summed E-state index contributed by atoms with van der Waals surface area (Å²) in [4.78, 5) is 50.2. The summed E-state index contributed by atoms with van der Waals surface area (Å²) in [6, 6.07) is 25.9. The Morgan fingerprint density at radius 3 is 2.14 bits per heavy atom. The van der Waals surface area contributed by atoms with Gasteiger partial charge in [-0.3, -0.25) is 14.4 Å². The Bertz CT molecular complexity index is 1640. The Kier molecular flexibility index (Phi) is 9.99. The number of benzene rings is 4. The van der Waals surface area contributed by atoms with Gasteiger partial charge in [-0.1, -0.05) is 41.9 Å². The zero-order valence-corrected chi connectivity index (χ0v) is 23.4. The van der Waals surface area contributed by atoms with Gasteiger partial charge in [0.05, 0.1) is 5.75 Å². The van der Waals surface area contributed by atoms with Gasteiger partial charge in [-0.05, 0) is 78.4 Å². The molecule has 0 spiro atoms. The molecule has 0 heterocycles. The maximum Gasteiger partial charge on any atom is 0.339 e. The number of thioether (sulfide) groups is 1. The molecule has 0 aliphatic carbocycles. The van der Waals surface area contributed by atoms with E-state index in [9.17, 15) is 24.3 Å². The molecule has 9 nitrogen and oxygen atoms in total. The summed E-state index contributed by atoms with van der Waals surface area (Å²) in [5.74, 6) is -3.02. The van der Waals surface area contributed by atoms with Crippen LogP contribution in [0.1, 0.15) is 26.3 Å². The molecule has 3 amide bonds. The van der Waals surface area contributed by atoms with Crippen molar-refractivity contribution in [3.05, 3.63) is 124 Å². The summed E-state index contributed by atoms with van der Waals surface area (Å²) in [5, 5.41) is 27.3. The van der Waals surface area contributed by atoms with E-state index < -0.39 is 23.5 Å². The van der Waals surface area contributed by atoms with Crippen molar-refractivity contribution in [2.24, 2.45) is 0 Å². The molecule has 0 unspecified atom stereocenters. The third-order valence-electron chi connectivity index (χ3n) is 5.70. The molecular formula is C31H24ClN3O6S. The van der Waals surface area contributed by atoms with Crippen molar-refractivity contribution in [3.8, 4) is 5.75 Å². The van der Waals surface area contributed by atoms with Crippen molar-refractivity contribution in [3.63, 3.8) is 0 Å². The second kappa shape index (κ2) is 14.0. The average molecular weight is 602 g/mol. The number of anilines is 2. The molecule has 5 N–H and O–H groups in total. The summed E-state index contributed by atoms with van der Waals surface area (Å²) in [5.41, 5.74) is 1.48. The van der Waals surface area contributed by atoms with E-state index in [0.29, 0.717) is 21.8 Å². The van der Waals surface area contributed by atoms with E-state index in [0.717, 1.165) is 4.90 Å². The molecule has 0 bridgehead atoms. The third-order valence-corrected chi connectivity index (χ3v) is 6.97. The molecule has 42 heavy (non-hydrogen) atoms. The SMILES string of the molecule is O=C(CSc1ccc(NC(=O)/C(=C/c2ccc(Cl)cc2)NC(=O)c2ccccc2)cc1)Nc1ccc(O)c(C(=O)O)c1. The van der Waals surface area contributed by atoms with Gasteiger partial charge in [0, 0.05) is 26.9 Å². The lowest BCUT2D eigenvalue weighted by atomic mass is 10.1. The zero-order valence-electron chi connectivity index (χ0n) is 21.8. The molecule has 0 saturated carbocycles. The molecule has 0 fully saturated rings. The van der Waals surface area contributed by atoms with Gasteiger partial charge in [0.25, 0.3) is 11.8 Å². The highest BCUT2D eigenvalue weighted by Crippen LogP contribution is 2.24. The summed E-state index contributed by atoms with van der Waals surface area (Å²) >= 11 is 7.21. The maximum absolute atomic E-state index is 13.2. The van der Waals surface area contributed by atoms with E-state index >= 15 is 0 Å². The zero-order chi connectivity index (χ0) is 30.1. The van der Waals surface area contributed by atoms with E-state index in [4.69, 9.17) is 16.7 Å². The van der Waals surface area contributed by atoms with Crippen LogP contribution >= 0.6 is 23.4 Å². The predicted molar refractivity (Wildman–Crippen MR) is 163 cm³/mol. The van der Waals surface area contributed by atoms with Crippen LogP contribution in [0.5, 0.6) is 5.75 Å². The lowest BCUT2D eigenvalue weighted by molar-refractivity contribution is -0.114. The molecule has 4 aromatic rings. The van der Waals surface area contributed by atoms with Crippen LogP contribution in [0.4, 0.5) is 11.4 Å². The molecule has 0 atom stereocenters. The molecule has 0 aromatic heterocycles. The Morgan fingerprint density at radius 2 is 1.48 bits per heavy atom. The number of carboxylic acids is 1. The third kappa shape index (κ3) is 8.47. The predicted octanol–water partition coefficient (Wildman–Crippen LogP) is 5.88. The molecule has 0 radical (unpaired) electrons. The van der Waals surface area contributed by atoms with Crippen molar-refractivity contribution in [2.75, 3.05) is 16.4 Å². The lowest BCUT2D eigenvalue weighted by Crippen LogP contribution is -2.30. The van der Waals surface area contributed by atoms with Crippen LogP contribution in [0, 0.1) is 0 Å². The molecule has 0 saturated heterocycles. The first-order chi connectivity index (χ1) is 20.2. The van der Waals surface area contributed by atoms with Gasteiger partial charge in [-0.15, -0.1) is 11.8 Å². The quantitative estimate of drug-likeness (QED) is 0.0866. The minimum atomic E-state index is -1.31. The molecule has 11 heteroatoms. The highest BCUT2D eigenvalue weighted by atomic mass is 35.5.